The molecule has 17 heavy (non-hydrogen) atoms. The van der Waals surface area contributed by atoms with E-state index in [1.165, 1.54) is 5.56 Å². The van der Waals surface area contributed by atoms with Crippen LogP contribution in [0, 0.1) is 0 Å². The molecule has 0 spiro atoms. The van der Waals surface area contributed by atoms with Crippen molar-refractivity contribution in [3.63, 3.8) is 0 Å². The summed E-state index contributed by atoms with van der Waals surface area (Å²) in [5.74, 6) is -0.0895. The van der Waals surface area contributed by atoms with Crippen molar-refractivity contribution >= 4 is 5.97 Å². The van der Waals surface area contributed by atoms with E-state index >= 15 is 0 Å². The molecule has 3 heteroatoms. The molecule has 1 rings (SSSR count). The molecule has 0 aliphatic heterocycles. The van der Waals surface area contributed by atoms with Crippen LogP contribution >= 0.6 is 0 Å². The average Bonchev–Trinajstić information content (AvgIpc) is 2.36. The van der Waals surface area contributed by atoms with Gasteiger partial charge in [0.2, 0.25) is 0 Å². The average molecular weight is 235 g/mol. The lowest BCUT2D eigenvalue weighted by molar-refractivity contribution is -0.143. The SMILES string of the molecule is CNCCCC(=O)OCCCc1ccccc1. The third-order valence-corrected chi connectivity index (χ3v) is 2.52. The van der Waals surface area contributed by atoms with E-state index in [-0.39, 0.29) is 5.97 Å². The molecule has 0 aliphatic rings. The summed E-state index contributed by atoms with van der Waals surface area (Å²) in [6, 6.07) is 10.2. The lowest BCUT2D eigenvalue weighted by Crippen LogP contribution is -2.12. The number of rotatable bonds is 8. The summed E-state index contributed by atoms with van der Waals surface area (Å²) >= 11 is 0. The normalized spacial score (nSPS) is 10.2. The quantitative estimate of drug-likeness (QED) is 0.554. The highest BCUT2D eigenvalue weighted by Crippen LogP contribution is 2.02. The summed E-state index contributed by atoms with van der Waals surface area (Å²) in [6.07, 6.45) is 3.20. The van der Waals surface area contributed by atoms with Gasteiger partial charge in [0, 0.05) is 6.42 Å². The molecule has 0 aromatic heterocycles. The van der Waals surface area contributed by atoms with Gasteiger partial charge in [0.25, 0.3) is 0 Å². The molecule has 0 atom stereocenters. The van der Waals surface area contributed by atoms with E-state index in [0.717, 1.165) is 25.8 Å². The lowest BCUT2D eigenvalue weighted by atomic mass is 10.1. The van der Waals surface area contributed by atoms with Crippen LogP contribution < -0.4 is 5.32 Å². The van der Waals surface area contributed by atoms with E-state index in [1.807, 2.05) is 25.2 Å². The monoisotopic (exact) mass is 235 g/mol. The smallest absolute Gasteiger partial charge is 0.305 e. The second-order valence-electron chi connectivity index (χ2n) is 4.02. The number of hydrogen-bond donors (Lipinski definition) is 1. The Hall–Kier alpha value is -1.35. The Morgan fingerprint density at radius 1 is 1.24 bits per heavy atom. The van der Waals surface area contributed by atoms with E-state index in [4.69, 9.17) is 4.74 Å². The van der Waals surface area contributed by atoms with Crippen LogP contribution in [0.15, 0.2) is 30.3 Å². The van der Waals surface area contributed by atoms with Crippen molar-refractivity contribution in [2.24, 2.45) is 0 Å². The Kier molecular flexibility index (Phi) is 7.07. The molecule has 0 heterocycles. The van der Waals surface area contributed by atoms with E-state index in [9.17, 15) is 4.79 Å². The molecule has 0 aliphatic carbocycles. The van der Waals surface area contributed by atoms with Gasteiger partial charge in [-0.3, -0.25) is 4.79 Å². The standard InChI is InChI=1S/C14H21NO2/c1-15-11-5-10-14(16)17-12-6-9-13-7-3-2-4-8-13/h2-4,7-8,15H,5-6,9-12H2,1H3. The first-order valence-corrected chi connectivity index (χ1v) is 6.17. The third-order valence-electron chi connectivity index (χ3n) is 2.52. The molecule has 0 fully saturated rings. The second-order valence-corrected chi connectivity index (χ2v) is 4.02. The Morgan fingerprint density at radius 2 is 2.00 bits per heavy atom. The van der Waals surface area contributed by atoms with E-state index in [2.05, 4.69) is 17.4 Å². The van der Waals surface area contributed by atoms with Crippen LogP contribution in [0.3, 0.4) is 0 Å². The van der Waals surface area contributed by atoms with Crippen molar-refractivity contribution in [1.82, 2.24) is 5.32 Å². The fourth-order valence-electron chi connectivity index (χ4n) is 1.59. The Morgan fingerprint density at radius 3 is 2.71 bits per heavy atom. The van der Waals surface area contributed by atoms with E-state index in [1.54, 1.807) is 0 Å². The summed E-state index contributed by atoms with van der Waals surface area (Å²) in [7, 11) is 1.88. The zero-order valence-corrected chi connectivity index (χ0v) is 10.4. The number of nitrogens with one attached hydrogen (secondary N) is 1. The summed E-state index contributed by atoms with van der Waals surface area (Å²) in [5.41, 5.74) is 1.29. The minimum atomic E-state index is -0.0895. The van der Waals surface area contributed by atoms with Crippen molar-refractivity contribution in [2.75, 3.05) is 20.2 Å². The Balaban J connectivity index is 2.02. The summed E-state index contributed by atoms with van der Waals surface area (Å²) in [5, 5.41) is 3.00. The Labute approximate surface area is 103 Å². The summed E-state index contributed by atoms with van der Waals surface area (Å²) in [6.45, 7) is 1.38. The first-order valence-electron chi connectivity index (χ1n) is 6.17. The number of carbonyl (C=O) groups excluding carboxylic acids is 1. The van der Waals surface area contributed by atoms with Crippen molar-refractivity contribution in [3.05, 3.63) is 35.9 Å². The second kappa shape index (κ2) is 8.76. The number of hydrogen-bond acceptors (Lipinski definition) is 3. The van der Waals surface area contributed by atoms with Crippen LogP contribution in [0.5, 0.6) is 0 Å². The van der Waals surface area contributed by atoms with Crippen molar-refractivity contribution < 1.29 is 9.53 Å². The van der Waals surface area contributed by atoms with Gasteiger partial charge in [0.05, 0.1) is 6.61 Å². The molecule has 0 saturated heterocycles. The highest BCUT2D eigenvalue weighted by atomic mass is 16.5. The van der Waals surface area contributed by atoms with Gasteiger partial charge < -0.3 is 10.1 Å². The molecule has 1 N–H and O–H groups in total. The van der Waals surface area contributed by atoms with E-state index < -0.39 is 0 Å². The molecule has 0 amide bonds. The van der Waals surface area contributed by atoms with Crippen LogP contribution in [0.4, 0.5) is 0 Å². The molecule has 94 valence electrons. The molecular formula is C14H21NO2. The van der Waals surface area contributed by atoms with E-state index in [0.29, 0.717) is 13.0 Å². The van der Waals surface area contributed by atoms with Crippen molar-refractivity contribution in [3.8, 4) is 0 Å². The van der Waals surface area contributed by atoms with Crippen LogP contribution in [0.25, 0.3) is 0 Å². The predicted molar refractivity (Wildman–Crippen MR) is 68.9 cm³/mol. The largest absolute Gasteiger partial charge is 0.466 e. The van der Waals surface area contributed by atoms with Gasteiger partial charge in [-0.05, 0) is 38.4 Å². The van der Waals surface area contributed by atoms with Gasteiger partial charge in [-0.2, -0.15) is 0 Å². The van der Waals surface area contributed by atoms with Gasteiger partial charge in [-0.15, -0.1) is 0 Å². The number of benzene rings is 1. The first kappa shape index (κ1) is 13.7. The fourth-order valence-corrected chi connectivity index (χ4v) is 1.59. The zero-order chi connectivity index (χ0) is 12.3. The number of carbonyl (C=O) groups is 1. The third kappa shape index (κ3) is 6.74. The van der Waals surface area contributed by atoms with Gasteiger partial charge in [0.1, 0.15) is 0 Å². The molecule has 0 radical (unpaired) electrons. The minimum absolute atomic E-state index is 0.0895. The van der Waals surface area contributed by atoms with Gasteiger partial charge in [-0.25, -0.2) is 0 Å². The highest BCUT2D eigenvalue weighted by molar-refractivity contribution is 5.69. The van der Waals surface area contributed by atoms with Crippen molar-refractivity contribution in [1.29, 1.82) is 0 Å². The zero-order valence-electron chi connectivity index (χ0n) is 10.4. The molecule has 0 bridgehead atoms. The number of aryl methyl sites for hydroxylation is 1. The van der Waals surface area contributed by atoms with Crippen LogP contribution in [0.1, 0.15) is 24.8 Å². The number of esters is 1. The summed E-state index contributed by atoms with van der Waals surface area (Å²) in [4.78, 5) is 11.3. The van der Waals surface area contributed by atoms with Crippen LogP contribution in [-0.4, -0.2) is 26.2 Å². The first-order chi connectivity index (χ1) is 8.33. The molecule has 0 saturated carbocycles. The molecule has 1 aromatic rings. The molecular weight excluding hydrogens is 214 g/mol. The highest BCUT2D eigenvalue weighted by Gasteiger charge is 2.01. The van der Waals surface area contributed by atoms with Crippen LogP contribution in [0.2, 0.25) is 0 Å². The molecule has 3 nitrogen and oxygen atoms in total. The fraction of sp³-hybridized carbons (Fsp3) is 0.500. The molecule has 1 aromatic carbocycles. The van der Waals surface area contributed by atoms with Crippen molar-refractivity contribution in [2.45, 2.75) is 25.7 Å². The maximum atomic E-state index is 11.3. The predicted octanol–water partition coefficient (Wildman–Crippen LogP) is 2.16. The maximum Gasteiger partial charge on any atom is 0.305 e. The Bertz CT molecular complexity index is 311. The van der Waals surface area contributed by atoms with Gasteiger partial charge in [0.15, 0.2) is 0 Å². The minimum Gasteiger partial charge on any atom is -0.466 e. The van der Waals surface area contributed by atoms with Gasteiger partial charge >= 0.3 is 5.97 Å². The topological polar surface area (TPSA) is 38.3 Å². The lowest BCUT2D eigenvalue weighted by Gasteiger charge is -2.04. The summed E-state index contributed by atoms with van der Waals surface area (Å²) < 4.78 is 5.14. The molecule has 0 unspecified atom stereocenters. The van der Waals surface area contributed by atoms with Gasteiger partial charge in [-0.1, -0.05) is 30.3 Å². The number of ether oxygens (including phenoxy) is 1. The van der Waals surface area contributed by atoms with Crippen LogP contribution in [-0.2, 0) is 16.0 Å². The maximum absolute atomic E-state index is 11.3.